The number of amides is 1. The van der Waals surface area contributed by atoms with Crippen molar-refractivity contribution in [3.8, 4) is 0 Å². The predicted molar refractivity (Wildman–Crippen MR) is 113 cm³/mol. The Morgan fingerprint density at radius 2 is 1.62 bits per heavy atom. The number of benzene rings is 2. The lowest BCUT2D eigenvalue weighted by molar-refractivity contribution is -0.127. The summed E-state index contributed by atoms with van der Waals surface area (Å²) in [6.45, 7) is 0.274. The van der Waals surface area contributed by atoms with Crippen molar-refractivity contribution >= 4 is 23.2 Å². The van der Waals surface area contributed by atoms with E-state index in [1.165, 1.54) is 0 Å². The van der Waals surface area contributed by atoms with Crippen molar-refractivity contribution in [3.63, 3.8) is 0 Å². The summed E-state index contributed by atoms with van der Waals surface area (Å²) >= 11 is 5.99. The minimum absolute atomic E-state index is 0.0480. The molecule has 29 heavy (non-hydrogen) atoms. The molecule has 1 amide bonds. The molecule has 4 aromatic rings. The summed E-state index contributed by atoms with van der Waals surface area (Å²) in [6.07, 6.45) is 3.32. The van der Waals surface area contributed by atoms with Crippen molar-refractivity contribution in [2.75, 3.05) is 6.61 Å². The number of nitrogens with zero attached hydrogens (tertiary/aromatic N) is 2. The molecule has 5 nitrogen and oxygen atoms in total. The van der Waals surface area contributed by atoms with Gasteiger partial charge in [0.15, 0.2) is 0 Å². The average molecular weight is 406 g/mol. The first-order chi connectivity index (χ1) is 14.2. The molecule has 0 atom stereocenters. The van der Waals surface area contributed by atoms with Crippen molar-refractivity contribution in [3.05, 3.63) is 107 Å². The van der Waals surface area contributed by atoms with Gasteiger partial charge in [-0.3, -0.25) is 4.79 Å². The van der Waals surface area contributed by atoms with E-state index in [0.717, 1.165) is 22.5 Å². The predicted octanol–water partition coefficient (Wildman–Crippen LogP) is 4.41. The van der Waals surface area contributed by atoms with E-state index in [4.69, 9.17) is 16.3 Å². The van der Waals surface area contributed by atoms with Gasteiger partial charge in [0.1, 0.15) is 18.4 Å². The molecule has 2 heterocycles. The average Bonchev–Trinajstić information content (AvgIpc) is 3.16. The zero-order valence-corrected chi connectivity index (χ0v) is 16.4. The van der Waals surface area contributed by atoms with Gasteiger partial charge >= 0.3 is 0 Å². The van der Waals surface area contributed by atoms with Crippen LogP contribution in [0, 0.1) is 0 Å². The number of fused-ring (bicyclic) bond motifs is 1. The monoisotopic (exact) mass is 405 g/mol. The quantitative estimate of drug-likeness (QED) is 0.495. The van der Waals surface area contributed by atoms with Gasteiger partial charge in [-0.25, -0.2) is 4.98 Å². The highest BCUT2D eigenvalue weighted by Gasteiger charge is 2.16. The Labute approximate surface area is 173 Å². The van der Waals surface area contributed by atoms with Crippen LogP contribution in [0.3, 0.4) is 0 Å². The van der Waals surface area contributed by atoms with Gasteiger partial charge in [-0.15, -0.1) is 0 Å². The number of carbonyl (C=O) groups excluding carboxylic acids is 1. The molecule has 0 saturated heterocycles. The largest absolute Gasteiger partial charge is 0.359 e. The van der Waals surface area contributed by atoms with E-state index >= 15 is 0 Å². The molecule has 0 radical (unpaired) electrons. The van der Waals surface area contributed by atoms with Gasteiger partial charge in [-0.2, -0.15) is 0 Å². The smallest absolute Gasteiger partial charge is 0.246 e. The first-order valence-corrected chi connectivity index (χ1v) is 9.68. The standard InChI is InChI=1S/C23H20ClN3O2/c24-19-11-12-21-26-20(15-27(21)14-19)13-25-22(28)16-29-23(17-7-3-1-4-8-17)18-9-5-2-6-10-18/h1-12,14-15,23H,13,16H2,(H,25,28). The molecule has 2 aromatic heterocycles. The summed E-state index contributed by atoms with van der Waals surface area (Å²) < 4.78 is 7.82. The van der Waals surface area contributed by atoms with Crippen LogP contribution in [0.4, 0.5) is 0 Å². The van der Waals surface area contributed by atoms with E-state index in [0.29, 0.717) is 11.6 Å². The zero-order valence-electron chi connectivity index (χ0n) is 15.7. The summed E-state index contributed by atoms with van der Waals surface area (Å²) in [5.41, 5.74) is 3.54. The number of ether oxygens (including phenoxy) is 1. The highest BCUT2D eigenvalue weighted by Crippen LogP contribution is 2.25. The summed E-state index contributed by atoms with van der Waals surface area (Å²) in [6, 6.07) is 23.4. The van der Waals surface area contributed by atoms with Gasteiger partial charge in [0.05, 0.1) is 17.3 Å². The van der Waals surface area contributed by atoms with Gasteiger partial charge in [0, 0.05) is 12.4 Å². The lowest BCUT2D eigenvalue weighted by Gasteiger charge is -2.18. The molecule has 6 heteroatoms. The van der Waals surface area contributed by atoms with Crippen LogP contribution in [0.5, 0.6) is 0 Å². The van der Waals surface area contributed by atoms with Crippen molar-refractivity contribution in [1.82, 2.24) is 14.7 Å². The SMILES string of the molecule is O=C(COC(c1ccccc1)c1ccccc1)NCc1cn2cc(Cl)ccc2n1. The minimum atomic E-state index is -0.305. The second kappa shape index (κ2) is 8.90. The third-order valence-electron chi connectivity index (χ3n) is 4.52. The molecule has 2 aromatic carbocycles. The molecular formula is C23H20ClN3O2. The van der Waals surface area contributed by atoms with E-state index < -0.39 is 0 Å². The molecule has 0 aliphatic rings. The highest BCUT2D eigenvalue weighted by atomic mass is 35.5. The number of halogens is 1. The first kappa shape index (κ1) is 19.2. The maximum Gasteiger partial charge on any atom is 0.246 e. The van der Waals surface area contributed by atoms with Gasteiger partial charge in [0.2, 0.25) is 5.91 Å². The van der Waals surface area contributed by atoms with Crippen LogP contribution in [-0.4, -0.2) is 21.9 Å². The topological polar surface area (TPSA) is 55.6 Å². The molecule has 0 aliphatic carbocycles. The number of carbonyl (C=O) groups is 1. The van der Waals surface area contributed by atoms with Gasteiger partial charge in [-0.1, -0.05) is 72.3 Å². The molecule has 1 N–H and O–H groups in total. The van der Waals surface area contributed by atoms with E-state index in [1.54, 1.807) is 12.3 Å². The van der Waals surface area contributed by atoms with E-state index in [1.807, 2.05) is 77.3 Å². The Morgan fingerprint density at radius 1 is 0.966 bits per heavy atom. The fourth-order valence-corrected chi connectivity index (χ4v) is 3.31. The number of pyridine rings is 1. The number of nitrogens with one attached hydrogen (secondary N) is 1. The molecule has 0 fully saturated rings. The van der Waals surface area contributed by atoms with Crippen molar-refractivity contribution < 1.29 is 9.53 Å². The van der Waals surface area contributed by atoms with Crippen molar-refractivity contribution in [2.24, 2.45) is 0 Å². The van der Waals surface area contributed by atoms with Crippen LogP contribution < -0.4 is 5.32 Å². The second-order valence-corrected chi connectivity index (χ2v) is 7.07. The first-order valence-electron chi connectivity index (χ1n) is 9.30. The summed E-state index contributed by atoms with van der Waals surface area (Å²) in [5.74, 6) is -0.197. The molecule has 146 valence electrons. The Morgan fingerprint density at radius 3 is 2.28 bits per heavy atom. The van der Waals surface area contributed by atoms with Gasteiger partial charge in [0.25, 0.3) is 0 Å². The molecule has 4 rings (SSSR count). The summed E-state index contributed by atoms with van der Waals surface area (Å²) in [5, 5.41) is 3.49. The highest BCUT2D eigenvalue weighted by molar-refractivity contribution is 6.30. The molecule has 0 saturated carbocycles. The van der Waals surface area contributed by atoms with Crippen LogP contribution >= 0.6 is 11.6 Å². The second-order valence-electron chi connectivity index (χ2n) is 6.63. The van der Waals surface area contributed by atoms with E-state index in [-0.39, 0.29) is 18.6 Å². The van der Waals surface area contributed by atoms with Gasteiger partial charge in [-0.05, 0) is 23.3 Å². The Hall–Kier alpha value is -3.15. The summed E-state index contributed by atoms with van der Waals surface area (Å²) in [4.78, 5) is 16.8. The Bertz CT molecular complexity index is 1060. The molecule has 0 bridgehead atoms. The van der Waals surface area contributed by atoms with E-state index in [9.17, 15) is 4.79 Å². The van der Waals surface area contributed by atoms with Crippen molar-refractivity contribution in [1.29, 1.82) is 0 Å². The fourth-order valence-electron chi connectivity index (χ4n) is 3.14. The van der Waals surface area contributed by atoms with Crippen LogP contribution in [0.15, 0.2) is 85.2 Å². The number of aromatic nitrogens is 2. The molecule has 0 spiro atoms. The minimum Gasteiger partial charge on any atom is -0.359 e. The fraction of sp³-hybridized carbons (Fsp3) is 0.130. The number of hydrogen-bond acceptors (Lipinski definition) is 3. The van der Waals surface area contributed by atoms with Crippen molar-refractivity contribution in [2.45, 2.75) is 12.6 Å². The Kier molecular flexibility index (Phi) is 5.89. The van der Waals surface area contributed by atoms with Gasteiger partial charge < -0.3 is 14.5 Å². The maximum atomic E-state index is 12.4. The van der Waals surface area contributed by atoms with Crippen LogP contribution in [0.2, 0.25) is 5.02 Å². The number of rotatable bonds is 7. The Balaban J connectivity index is 1.38. The molecular weight excluding hydrogens is 386 g/mol. The zero-order chi connectivity index (χ0) is 20.1. The summed E-state index contributed by atoms with van der Waals surface area (Å²) in [7, 11) is 0. The lowest BCUT2D eigenvalue weighted by Crippen LogP contribution is -2.28. The molecule has 0 aliphatic heterocycles. The normalized spacial score (nSPS) is 11.1. The van der Waals surface area contributed by atoms with E-state index in [2.05, 4.69) is 10.3 Å². The third-order valence-corrected chi connectivity index (χ3v) is 4.74. The third kappa shape index (κ3) is 4.83. The number of hydrogen-bond donors (Lipinski definition) is 1. The van der Waals surface area contributed by atoms with Crippen LogP contribution in [0.1, 0.15) is 22.9 Å². The van der Waals surface area contributed by atoms with Crippen LogP contribution in [-0.2, 0) is 16.1 Å². The maximum absolute atomic E-state index is 12.4. The number of imidazole rings is 1. The lowest BCUT2D eigenvalue weighted by atomic mass is 10.0. The molecule has 0 unspecified atom stereocenters. The van der Waals surface area contributed by atoms with Crippen LogP contribution in [0.25, 0.3) is 5.65 Å².